The third kappa shape index (κ3) is 8.54. The Morgan fingerprint density at radius 3 is 2.28 bits per heavy atom. The van der Waals surface area contributed by atoms with E-state index in [0.717, 1.165) is 21.9 Å². The molecule has 0 spiro atoms. The standard InChI is InChI=1S/C34H43FN4O4/c1-6-28-22-38(30(31(40)36-5)21-24-11-14-25-9-7-8-10-26(25)19-24)17-18-39(28)32(41)29(37-33(42)43-34(2,3)4)20-23-12-15-27(35)16-13-23/h7-16,19,28-30H,6,17-18,20-22H2,1-5H3,(H,36,40)(H,37,42). The maximum absolute atomic E-state index is 14.0. The Labute approximate surface area is 253 Å². The van der Waals surface area contributed by atoms with E-state index in [9.17, 15) is 18.8 Å². The Kier molecular flexibility index (Phi) is 10.4. The maximum atomic E-state index is 14.0. The highest BCUT2D eigenvalue weighted by Gasteiger charge is 2.38. The number of benzene rings is 3. The van der Waals surface area contributed by atoms with E-state index < -0.39 is 23.8 Å². The van der Waals surface area contributed by atoms with Gasteiger partial charge in [-0.25, -0.2) is 9.18 Å². The molecule has 0 saturated carbocycles. The molecule has 4 rings (SSSR count). The summed E-state index contributed by atoms with van der Waals surface area (Å²) in [6, 6.07) is 18.9. The van der Waals surface area contributed by atoms with Gasteiger partial charge in [0.2, 0.25) is 11.8 Å². The zero-order chi connectivity index (χ0) is 31.1. The lowest BCUT2D eigenvalue weighted by molar-refractivity contribution is -0.140. The van der Waals surface area contributed by atoms with Crippen molar-refractivity contribution >= 4 is 28.7 Å². The van der Waals surface area contributed by atoms with Crippen molar-refractivity contribution in [1.29, 1.82) is 0 Å². The third-order valence-electron chi connectivity index (χ3n) is 7.84. The van der Waals surface area contributed by atoms with Crippen LogP contribution in [0.15, 0.2) is 66.7 Å². The van der Waals surface area contributed by atoms with Gasteiger partial charge in [0.1, 0.15) is 17.5 Å². The molecule has 0 aromatic heterocycles. The Hall–Kier alpha value is -3.98. The Balaban J connectivity index is 1.52. The number of halogens is 1. The molecule has 0 bridgehead atoms. The largest absolute Gasteiger partial charge is 0.444 e. The number of hydrogen-bond donors (Lipinski definition) is 2. The van der Waals surface area contributed by atoms with Crippen LogP contribution in [0, 0.1) is 5.82 Å². The van der Waals surface area contributed by atoms with E-state index in [0.29, 0.717) is 32.5 Å². The second-order valence-electron chi connectivity index (χ2n) is 12.1. The number of rotatable bonds is 9. The van der Waals surface area contributed by atoms with Crippen LogP contribution in [0.25, 0.3) is 10.8 Å². The first-order valence-electron chi connectivity index (χ1n) is 14.9. The number of carbonyl (C=O) groups excluding carboxylic acids is 3. The predicted octanol–water partition coefficient (Wildman–Crippen LogP) is 4.69. The quantitative estimate of drug-likeness (QED) is 0.377. The van der Waals surface area contributed by atoms with Crippen LogP contribution >= 0.6 is 0 Å². The average molecular weight is 591 g/mol. The molecule has 1 saturated heterocycles. The summed E-state index contributed by atoms with van der Waals surface area (Å²) in [5.74, 6) is -0.667. The van der Waals surface area contributed by atoms with E-state index in [-0.39, 0.29) is 30.1 Å². The van der Waals surface area contributed by atoms with Gasteiger partial charge in [-0.05, 0) is 67.6 Å². The number of carbonyl (C=O) groups is 3. The number of hydrogen-bond acceptors (Lipinski definition) is 5. The zero-order valence-electron chi connectivity index (χ0n) is 25.7. The Morgan fingerprint density at radius 1 is 0.953 bits per heavy atom. The van der Waals surface area contributed by atoms with Gasteiger partial charge in [-0.1, -0.05) is 61.5 Å². The number of likely N-dealkylation sites (N-methyl/N-ethyl adjacent to an activating group) is 1. The molecule has 3 amide bonds. The molecular weight excluding hydrogens is 547 g/mol. The summed E-state index contributed by atoms with van der Waals surface area (Å²) in [6.45, 7) is 8.72. The minimum Gasteiger partial charge on any atom is -0.444 e. The van der Waals surface area contributed by atoms with Crippen molar-refractivity contribution in [2.75, 3.05) is 26.7 Å². The number of nitrogens with zero attached hydrogens (tertiary/aromatic N) is 2. The molecule has 230 valence electrons. The summed E-state index contributed by atoms with van der Waals surface area (Å²) in [7, 11) is 1.65. The van der Waals surface area contributed by atoms with Gasteiger partial charge < -0.3 is 20.3 Å². The highest BCUT2D eigenvalue weighted by Crippen LogP contribution is 2.22. The van der Waals surface area contributed by atoms with Crippen molar-refractivity contribution in [2.24, 2.45) is 0 Å². The van der Waals surface area contributed by atoms with Gasteiger partial charge in [0.05, 0.1) is 6.04 Å². The number of amides is 3. The molecule has 3 atom stereocenters. The summed E-state index contributed by atoms with van der Waals surface area (Å²) >= 11 is 0. The molecule has 0 radical (unpaired) electrons. The second-order valence-corrected chi connectivity index (χ2v) is 12.1. The van der Waals surface area contributed by atoms with Gasteiger partial charge in [0, 0.05) is 39.1 Å². The molecular formula is C34H43FN4O4. The molecule has 8 nitrogen and oxygen atoms in total. The first-order chi connectivity index (χ1) is 20.5. The van der Waals surface area contributed by atoms with Crippen LogP contribution in [0.5, 0.6) is 0 Å². The van der Waals surface area contributed by atoms with E-state index >= 15 is 0 Å². The predicted molar refractivity (Wildman–Crippen MR) is 166 cm³/mol. The Morgan fingerprint density at radius 2 is 1.63 bits per heavy atom. The summed E-state index contributed by atoms with van der Waals surface area (Å²) in [6.07, 6.45) is 0.726. The van der Waals surface area contributed by atoms with E-state index in [1.54, 1.807) is 44.9 Å². The van der Waals surface area contributed by atoms with Crippen molar-refractivity contribution in [3.05, 3.63) is 83.7 Å². The topological polar surface area (TPSA) is 91.0 Å². The van der Waals surface area contributed by atoms with Crippen LogP contribution in [0.2, 0.25) is 0 Å². The van der Waals surface area contributed by atoms with Crippen molar-refractivity contribution in [3.8, 4) is 0 Å². The summed E-state index contributed by atoms with van der Waals surface area (Å²) in [4.78, 5) is 43.8. The molecule has 3 aromatic rings. The third-order valence-corrected chi connectivity index (χ3v) is 7.84. The second kappa shape index (κ2) is 14.0. The van der Waals surface area contributed by atoms with E-state index in [2.05, 4.69) is 45.9 Å². The van der Waals surface area contributed by atoms with Gasteiger partial charge in [0.15, 0.2) is 0 Å². The van der Waals surface area contributed by atoms with Crippen molar-refractivity contribution in [3.63, 3.8) is 0 Å². The van der Waals surface area contributed by atoms with E-state index in [1.165, 1.54) is 12.1 Å². The molecule has 1 aliphatic heterocycles. The monoisotopic (exact) mass is 590 g/mol. The number of fused-ring (bicyclic) bond motifs is 1. The van der Waals surface area contributed by atoms with Crippen molar-refractivity contribution in [1.82, 2.24) is 20.4 Å². The molecule has 0 aliphatic carbocycles. The van der Waals surface area contributed by atoms with Gasteiger partial charge in [-0.3, -0.25) is 14.5 Å². The lowest BCUT2D eigenvalue weighted by atomic mass is 9.97. The number of alkyl carbamates (subject to hydrolysis) is 1. The Bertz CT molecular complexity index is 1420. The SMILES string of the molecule is CCC1CN(C(Cc2ccc3ccccc3c2)C(=O)NC)CCN1C(=O)C(Cc1ccc(F)cc1)NC(=O)OC(C)(C)C. The highest BCUT2D eigenvalue weighted by molar-refractivity contribution is 5.87. The fraction of sp³-hybridized carbons (Fsp3) is 0.441. The molecule has 2 N–H and O–H groups in total. The molecule has 3 unspecified atom stereocenters. The zero-order valence-corrected chi connectivity index (χ0v) is 25.7. The van der Waals surface area contributed by atoms with Crippen LogP contribution in [-0.2, 0) is 27.2 Å². The maximum Gasteiger partial charge on any atom is 0.408 e. The highest BCUT2D eigenvalue weighted by atomic mass is 19.1. The van der Waals surface area contributed by atoms with Gasteiger partial charge in [-0.2, -0.15) is 0 Å². The molecule has 9 heteroatoms. The molecule has 1 heterocycles. The fourth-order valence-electron chi connectivity index (χ4n) is 5.65. The van der Waals surface area contributed by atoms with E-state index in [4.69, 9.17) is 4.74 Å². The molecule has 1 fully saturated rings. The summed E-state index contributed by atoms with van der Waals surface area (Å²) in [5.41, 5.74) is 1.06. The van der Waals surface area contributed by atoms with Crippen molar-refractivity contribution in [2.45, 2.75) is 70.7 Å². The number of nitrogens with one attached hydrogen (secondary N) is 2. The van der Waals surface area contributed by atoms with Gasteiger partial charge >= 0.3 is 6.09 Å². The number of ether oxygens (including phenoxy) is 1. The smallest absolute Gasteiger partial charge is 0.408 e. The van der Waals surface area contributed by atoms with Crippen LogP contribution in [0.3, 0.4) is 0 Å². The fourth-order valence-corrected chi connectivity index (χ4v) is 5.65. The summed E-state index contributed by atoms with van der Waals surface area (Å²) < 4.78 is 19.0. The minimum absolute atomic E-state index is 0.0661. The van der Waals surface area contributed by atoms with Crippen LogP contribution in [0.1, 0.15) is 45.2 Å². The molecule has 3 aromatic carbocycles. The number of piperazine rings is 1. The normalized spacial score (nSPS) is 17.3. The van der Waals surface area contributed by atoms with Crippen LogP contribution < -0.4 is 10.6 Å². The minimum atomic E-state index is -0.895. The van der Waals surface area contributed by atoms with Crippen LogP contribution in [0.4, 0.5) is 9.18 Å². The van der Waals surface area contributed by atoms with Gasteiger partial charge in [0.25, 0.3) is 0 Å². The lowest BCUT2D eigenvalue weighted by Crippen LogP contribution is -2.63. The van der Waals surface area contributed by atoms with Crippen molar-refractivity contribution < 1.29 is 23.5 Å². The van der Waals surface area contributed by atoms with E-state index in [1.807, 2.05) is 19.1 Å². The average Bonchev–Trinajstić information content (AvgIpc) is 2.98. The molecule has 1 aliphatic rings. The molecule has 43 heavy (non-hydrogen) atoms. The van der Waals surface area contributed by atoms with Gasteiger partial charge in [-0.15, -0.1) is 0 Å². The summed E-state index contributed by atoms with van der Waals surface area (Å²) in [5, 5.41) is 7.87. The van der Waals surface area contributed by atoms with Crippen LogP contribution in [-0.4, -0.2) is 78.1 Å². The first kappa shape index (κ1) is 31.9. The first-order valence-corrected chi connectivity index (χ1v) is 14.9. The lowest BCUT2D eigenvalue weighted by Gasteiger charge is -2.44.